The molecular formula is C12H14BrNO2. The fraction of sp³-hybridized carbons (Fsp3) is 0.500. The third-order valence-corrected chi connectivity index (χ3v) is 3.78. The van der Waals surface area contributed by atoms with Gasteiger partial charge in [0.2, 0.25) is 6.79 Å². The Morgan fingerprint density at radius 2 is 2.19 bits per heavy atom. The van der Waals surface area contributed by atoms with Crippen LogP contribution < -0.4 is 14.8 Å². The molecule has 0 atom stereocenters. The van der Waals surface area contributed by atoms with Gasteiger partial charge in [0.1, 0.15) is 0 Å². The molecule has 86 valence electrons. The summed E-state index contributed by atoms with van der Waals surface area (Å²) in [6.07, 6.45) is 3.99. The number of rotatable bonds is 3. The summed E-state index contributed by atoms with van der Waals surface area (Å²) in [5.41, 5.74) is 1.24. The first kappa shape index (κ1) is 10.4. The van der Waals surface area contributed by atoms with Gasteiger partial charge in [0.15, 0.2) is 11.5 Å². The van der Waals surface area contributed by atoms with Gasteiger partial charge in [0.05, 0.1) is 4.47 Å². The molecular weight excluding hydrogens is 270 g/mol. The smallest absolute Gasteiger partial charge is 0.231 e. The molecule has 0 aromatic heterocycles. The zero-order valence-electron chi connectivity index (χ0n) is 8.96. The van der Waals surface area contributed by atoms with Gasteiger partial charge in [0, 0.05) is 12.6 Å². The van der Waals surface area contributed by atoms with E-state index in [1.54, 1.807) is 0 Å². The van der Waals surface area contributed by atoms with Gasteiger partial charge in [-0.1, -0.05) is 6.42 Å². The lowest BCUT2D eigenvalue weighted by molar-refractivity contribution is 0.173. The van der Waals surface area contributed by atoms with Crippen molar-refractivity contribution >= 4 is 15.9 Å². The normalized spacial score (nSPS) is 18.6. The van der Waals surface area contributed by atoms with Crippen LogP contribution in [0, 0.1) is 0 Å². The number of hydrogen-bond acceptors (Lipinski definition) is 3. The Labute approximate surface area is 103 Å². The highest BCUT2D eigenvalue weighted by atomic mass is 79.9. The van der Waals surface area contributed by atoms with Gasteiger partial charge in [-0.3, -0.25) is 0 Å². The monoisotopic (exact) mass is 283 g/mol. The van der Waals surface area contributed by atoms with Crippen LogP contribution in [0.5, 0.6) is 11.5 Å². The average molecular weight is 284 g/mol. The van der Waals surface area contributed by atoms with Crippen LogP contribution in [0.2, 0.25) is 0 Å². The van der Waals surface area contributed by atoms with E-state index in [1.165, 1.54) is 24.8 Å². The number of benzene rings is 1. The zero-order valence-corrected chi connectivity index (χ0v) is 10.5. The fourth-order valence-corrected chi connectivity index (χ4v) is 2.60. The molecule has 0 spiro atoms. The van der Waals surface area contributed by atoms with Crippen LogP contribution in [-0.4, -0.2) is 12.8 Å². The number of halogens is 1. The second-order valence-corrected chi connectivity index (χ2v) is 5.17. The fourth-order valence-electron chi connectivity index (χ4n) is 2.00. The largest absolute Gasteiger partial charge is 0.454 e. The van der Waals surface area contributed by atoms with Crippen molar-refractivity contribution in [2.24, 2.45) is 0 Å². The van der Waals surface area contributed by atoms with E-state index in [1.807, 2.05) is 0 Å². The minimum Gasteiger partial charge on any atom is -0.454 e. The van der Waals surface area contributed by atoms with Crippen molar-refractivity contribution in [1.82, 2.24) is 5.32 Å². The Morgan fingerprint density at radius 1 is 1.31 bits per heavy atom. The van der Waals surface area contributed by atoms with Crippen molar-refractivity contribution in [1.29, 1.82) is 0 Å². The molecule has 1 aromatic rings. The second kappa shape index (κ2) is 4.26. The highest BCUT2D eigenvalue weighted by molar-refractivity contribution is 9.10. The molecule has 16 heavy (non-hydrogen) atoms. The molecule has 1 aliphatic heterocycles. The SMILES string of the molecule is Brc1cc(CNC2CCC2)cc2c1OCO2. The first-order chi connectivity index (χ1) is 7.83. The quantitative estimate of drug-likeness (QED) is 0.925. The zero-order chi connectivity index (χ0) is 11.0. The van der Waals surface area contributed by atoms with E-state index in [-0.39, 0.29) is 0 Å². The van der Waals surface area contributed by atoms with Crippen LogP contribution in [-0.2, 0) is 6.54 Å². The van der Waals surface area contributed by atoms with E-state index in [9.17, 15) is 0 Å². The lowest BCUT2D eigenvalue weighted by Crippen LogP contribution is -2.34. The lowest BCUT2D eigenvalue weighted by atomic mass is 9.93. The third kappa shape index (κ3) is 1.92. The molecule has 1 N–H and O–H groups in total. The Kier molecular flexibility index (Phi) is 2.77. The maximum atomic E-state index is 5.39. The second-order valence-electron chi connectivity index (χ2n) is 4.32. The lowest BCUT2D eigenvalue weighted by Gasteiger charge is -2.26. The Balaban J connectivity index is 1.72. The molecule has 4 heteroatoms. The molecule has 3 rings (SSSR count). The van der Waals surface area contributed by atoms with E-state index in [0.29, 0.717) is 12.8 Å². The van der Waals surface area contributed by atoms with Gasteiger partial charge < -0.3 is 14.8 Å². The Bertz CT molecular complexity index is 404. The van der Waals surface area contributed by atoms with Crippen molar-refractivity contribution < 1.29 is 9.47 Å². The van der Waals surface area contributed by atoms with E-state index < -0.39 is 0 Å². The predicted molar refractivity (Wildman–Crippen MR) is 64.7 cm³/mol. The van der Waals surface area contributed by atoms with Gasteiger partial charge in [-0.15, -0.1) is 0 Å². The van der Waals surface area contributed by atoms with Gasteiger partial charge >= 0.3 is 0 Å². The summed E-state index contributed by atoms with van der Waals surface area (Å²) in [4.78, 5) is 0. The van der Waals surface area contributed by atoms with E-state index >= 15 is 0 Å². The van der Waals surface area contributed by atoms with Gasteiger partial charge in [-0.05, 0) is 46.5 Å². The molecule has 0 saturated heterocycles. The molecule has 1 aliphatic carbocycles. The summed E-state index contributed by atoms with van der Waals surface area (Å²) in [7, 11) is 0. The van der Waals surface area contributed by atoms with E-state index in [4.69, 9.17) is 9.47 Å². The summed E-state index contributed by atoms with van der Waals surface area (Å²) in [5.74, 6) is 1.67. The molecule has 0 bridgehead atoms. The highest BCUT2D eigenvalue weighted by Gasteiger charge is 2.19. The van der Waals surface area contributed by atoms with Gasteiger partial charge in [-0.25, -0.2) is 0 Å². The minimum atomic E-state index is 0.327. The summed E-state index contributed by atoms with van der Waals surface area (Å²) in [5, 5.41) is 3.54. The molecule has 3 nitrogen and oxygen atoms in total. The minimum absolute atomic E-state index is 0.327. The van der Waals surface area contributed by atoms with E-state index in [0.717, 1.165) is 22.5 Å². The number of fused-ring (bicyclic) bond motifs is 1. The molecule has 1 aromatic carbocycles. The van der Waals surface area contributed by atoms with Crippen molar-refractivity contribution in [2.45, 2.75) is 31.8 Å². The molecule has 0 amide bonds. The van der Waals surface area contributed by atoms with Crippen LogP contribution in [0.4, 0.5) is 0 Å². The van der Waals surface area contributed by atoms with Crippen LogP contribution >= 0.6 is 15.9 Å². The van der Waals surface area contributed by atoms with E-state index in [2.05, 4.69) is 33.4 Å². The molecule has 0 unspecified atom stereocenters. The molecule has 1 fully saturated rings. The van der Waals surface area contributed by atoms with Gasteiger partial charge in [0.25, 0.3) is 0 Å². The first-order valence-electron chi connectivity index (χ1n) is 5.64. The summed E-state index contributed by atoms with van der Waals surface area (Å²) in [6, 6.07) is 4.86. The first-order valence-corrected chi connectivity index (χ1v) is 6.43. The summed E-state index contributed by atoms with van der Waals surface area (Å²) in [6.45, 7) is 1.23. The highest BCUT2D eigenvalue weighted by Crippen LogP contribution is 2.40. The maximum Gasteiger partial charge on any atom is 0.231 e. The predicted octanol–water partition coefficient (Wildman–Crippen LogP) is 2.82. The molecule has 1 heterocycles. The number of hydrogen-bond donors (Lipinski definition) is 1. The standard InChI is InChI=1S/C12H14BrNO2/c13-10-4-8(6-14-9-2-1-3-9)5-11-12(10)16-7-15-11/h4-5,9,14H,1-3,6-7H2. The van der Waals surface area contributed by atoms with Crippen LogP contribution in [0.25, 0.3) is 0 Å². The third-order valence-electron chi connectivity index (χ3n) is 3.19. The van der Waals surface area contributed by atoms with Crippen molar-refractivity contribution in [3.63, 3.8) is 0 Å². The van der Waals surface area contributed by atoms with Gasteiger partial charge in [-0.2, -0.15) is 0 Å². The van der Waals surface area contributed by atoms with Crippen LogP contribution in [0.3, 0.4) is 0 Å². The average Bonchev–Trinajstić information content (AvgIpc) is 2.63. The van der Waals surface area contributed by atoms with Crippen molar-refractivity contribution in [2.75, 3.05) is 6.79 Å². The molecule has 1 saturated carbocycles. The Hall–Kier alpha value is -0.740. The number of nitrogens with one attached hydrogen (secondary N) is 1. The number of ether oxygens (including phenoxy) is 2. The topological polar surface area (TPSA) is 30.5 Å². The Morgan fingerprint density at radius 3 is 2.94 bits per heavy atom. The maximum absolute atomic E-state index is 5.39. The van der Waals surface area contributed by atoms with Crippen LogP contribution in [0.15, 0.2) is 16.6 Å². The molecule has 2 aliphatic rings. The van der Waals surface area contributed by atoms with Crippen molar-refractivity contribution in [3.05, 3.63) is 22.2 Å². The summed E-state index contributed by atoms with van der Waals surface area (Å²) >= 11 is 3.50. The molecule has 0 radical (unpaired) electrons. The van der Waals surface area contributed by atoms with Crippen molar-refractivity contribution in [3.8, 4) is 11.5 Å². The van der Waals surface area contributed by atoms with Crippen LogP contribution in [0.1, 0.15) is 24.8 Å². The summed E-state index contributed by atoms with van der Waals surface area (Å²) < 4.78 is 11.7.